The normalized spacial score (nSPS) is 9.84. The van der Waals surface area contributed by atoms with Crippen LogP contribution in [0.1, 0.15) is 11.1 Å². The van der Waals surface area contributed by atoms with Crippen LogP contribution in [0.5, 0.6) is 0 Å². The number of hydrogen-bond donors (Lipinski definition) is 0. The van der Waals surface area contributed by atoms with E-state index in [2.05, 4.69) is 148 Å². The van der Waals surface area contributed by atoms with Crippen LogP contribution in [0.25, 0.3) is 43.8 Å². The molecule has 0 aliphatic carbocycles. The molecule has 6 rings (SSSR count). The molecule has 0 aromatic heterocycles. The number of aryl methyl sites for hydroxylation is 2. The van der Waals surface area contributed by atoms with Gasteiger partial charge in [0.15, 0.2) is 0 Å². The molecule has 0 fully saturated rings. The minimum absolute atomic E-state index is 0.826. The molecule has 4 heteroatoms. The van der Waals surface area contributed by atoms with Gasteiger partial charge in [0, 0.05) is 9.52 Å². The maximum atomic E-state index is 4.93. The molecule has 38 heavy (non-hydrogen) atoms. The summed E-state index contributed by atoms with van der Waals surface area (Å²) >= 11 is -0.826. The molecule has 0 aliphatic rings. The number of benzene rings is 4. The van der Waals surface area contributed by atoms with E-state index in [9.17, 15) is 0 Å². The SMILES string of the molecule is C[Si]C.Cc1cc2c(-c3ccccc3)cccc2[cH-]1.Cc1cc2c(-c3ccccc3)cccc2[cH-]1.[Cl][Zr+2][Cl]. The van der Waals surface area contributed by atoms with Crippen LogP contribution < -0.4 is 0 Å². The molecule has 0 unspecified atom stereocenters. The van der Waals surface area contributed by atoms with Crippen LogP contribution in [0.15, 0.2) is 121 Å². The van der Waals surface area contributed by atoms with Crippen molar-refractivity contribution in [2.45, 2.75) is 26.9 Å². The quantitative estimate of drug-likeness (QED) is 0.132. The van der Waals surface area contributed by atoms with E-state index < -0.39 is 20.8 Å². The van der Waals surface area contributed by atoms with Crippen LogP contribution in [0.3, 0.4) is 0 Å². The summed E-state index contributed by atoms with van der Waals surface area (Å²) in [5.74, 6) is 0. The molecule has 0 amide bonds. The van der Waals surface area contributed by atoms with Gasteiger partial charge < -0.3 is 0 Å². The average molecular weight is 631 g/mol. The van der Waals surface area contributed by atoms with Gasteiger partial charge in [-0.1, -0.05) is 111 Å². The first-order chi connectivity index (χ1) is 18.5. The van der Waals surface area contributed by atoms with Gasteiger partial charge in [-0.15, -0.1) is 69.1 Å². The molecule has 0 saturated carbocycles. The van der Waals surface area contributed by atoms with Crippen molar-refractivity contribution >= 4 is 48.1 Å². The second kappa shape index (κ2) is 16.0. The third-order valence-electron chi connectivity index (χ3n) is 5.96. The fourth-order valence-corrected chi connectivity index (χ4v) is 4.51. The Morgan fingerprint density at radius 3 is 1.24 bits per heavy atom. The van der Waals surface area contributed by atoms with E-state index >= 15 is 0 Å². The van der Waals surface area contributed by atoms with E-state index in [4.69, 9.17) is 17.0 Å². The second-order valence-electron chi connectivity index (χ2n) is 8.99. The molecule has 0 N–H and O–H groups in total. The Morgan fingerprint density at radius 2 is 0.895 bits per heavy atom. The van der Waals surface area contributed by atoms with Crippen molar-refractivity contribution in [3.05, 3.63) is 132 Å². The zero-order valence-corrected chi connectivity index (χ0v) is 27.3. The van der Waals surface area contributed by atoms with Crippen LogP contribution in [0.4, 0.5) is 0 Å². The standard InChI is InChI=1S/2C16H13.C2H6Si.2ClH.Zr/c2*1-12-10-14-8-5-9-15(16(14)11-12)13-6-3-2-4-7-13;1-3-2;;;/h2*2-11H,1H3;1-2H3;2*1H;/q2*-1;;;;+4/p-2. The molecular formula is C34H32Cl2SiZr. The van der Waals surface area contributed by atoms with Gasteiger partial charge in [-0.3, -0.25) is 0 Å². The average Bonchev–Trinajstić information content (AvgIpc) is 3.51. The van der Waals surface area contributed by atoms with E-state index in [-0.39, 0.29) is 0 Å². The molecule has 6 aromatic rings. The zero-order chi connectivity index (χ0) is 27.3. The monoisotopic (exact) mass is 628 g/mol. The Morgan fingerprint density at radius 1 is 0.553 bits per heavy atom. The van der Waals surface area contributed by atoms with Crippen molar-refractivity contribution in [3.63, 3.8) is 0 Å². The van der Waals surface area contributed by atoms with Crippen molar-refractivity contribution in [1.82, 2.24) is 0 Å². The summed E-state index contributed by atoms with van der Waals surface area (Å²) in [5.41, 5.74) is 7.89. The first kappa shape index (κ1) is 30.3. The summed E-state index contributed by atoms with van der Waals surface area (Å²) in [5, 5.41) is 5.37. The van der Waals surface area contributed by atoms with Crippen molar-refractivity contribution in [3.8, 4) is 22.3 Å². The topological polar surface area (TPSA) is 0 Å². The molecular weight excluding hydrogens is 599 g/mol. The molecule has 0 aliphatic heterocycles. The Bertz CT molecular complexity index is 1400. The van der Waals surface area contributed by atoms with E-state index in [1.165, 1.54) is 54.9 Å². The third-order valence-corrected chi connectivity index (χ3v) is 5.96. The Labute approximate surface area is 248 Å². The summed E-state index contributed by atoms with van der Waals surface area (Å²) < 4.78 is 0. The third kappa shape index (κ3) is 8.39. The summed E-state index contributed by atoms with van der Waals surface area (Å²) in [6.45, 7) is 8.60. The number of fused-ring (bicyclic) bond motifs is 2. The van der Waals surface area contributed by atoms with Crippen molar-refractivity contribution in [2.24, 2.45) is 0 Å². The van der Waals surface area contributed by atoms with Crippen LogP contribution >= 0.6 is 17.0 Å². The summed E-state index contributed by atoms with van der Waals surface area (Å²) in [6, 6.07) is 43.1. The van der Waals surface area contributed by atoms with Gasteiger partial charge in [-0.25, -0.2) is 0 Å². The number of rotatable bonds is 2. The molecule has 0 spiro atoms. The van der Waals surface area contributed by atoms with Crippen LogP contribution in [0.2, 0.25) is 13.1 Å². The van der Waals surface area contributed by atoms with Crippen molar-refractivity contribution in [1.29, 1.82) is 0 Å². The van der Waals surface area contributed by atoms with Crippen molar-refractivity contribution < 1.29 is 20.8 Å². The molecule has 0 heterocycles. The predicted octanol–water partition coefficient (Wildman–Crippen LogP) is 11.2. The summed E-state index contributed by atoms with van der Waals surface area (Å²) in [6.07, 6.45) is 0. The first-order valence-electron chi connectivity index (χ1n) is 12.5. The minimum atomic E-state index is -0.826. The van der Waals surface area contributed by atoms with Gasteiger partial charge in [-0.05, 0) is 11.1 Å². The van der Waals surface area contributed by atoms with E-state index in [0.29, 0.717) is 0 Å². The summed E-state index contributed by atoms with van der Waals surface area (Å²) in [4.78, 5) is 0. The molecule has 0 saturated heterocycles. The second-order valence-corrected chi connectivity index (χ2v) is 13.7. The Kier molecular flexibility index (Phi) is 12.8. The predicted molar refractivity (Wildman–Crippen MR) is 169 cm³/mol. The van der Waals surface area contributed by atoms with Crippen LogP contribution in [-0.2, 0) is 20.8 Å². The fraction of sp³-hybridized carbons (Fsp3) is 0.118. The number of hydrogen-bond acceptors (Lipinski definition) is 0. The van der Waals surface area contributed by atoms with E-state index in [1.807, 2.05) is 0 Å². The van der Waals surface area contributed by atoms with Crippen LogP contribution in [0, 0.1) is 13.8 Å². The fourth-order valence-electron chi connectivity index (χ4n) is 4.51. The molecule has 190 valence electrons. The molecule has 0 atom stereocenters. The zero-order valence-electron chi connectivity index (χ0n) is 22.3. The van der Waals surface area contributed by atoms with Crippen LogP contribution in [-0.4, -0.2) is 9.52 Å². The van der Waals surface area contributed by atoms with Gasteiger partial charge in [0.05, 0.1) is 0 Å². The van der Waals surface area contributed by atoms with Gasteiger partial charge in [0.25, 0.3) is 0 Å². The van der Waals surface area contributed by atoms with Gasteiger partial charge in [0.2, 0.25) is 0 Å². The van der Waals surface area contributed by atoms with E-state index in [1.54, 1.807) is 0 Å². The molecule has 2 radical (unpaired) electrons. The number of halogens is 2. The molecule has 0 bridgehead atoms. The Balaban J connectivity index is 0.000000175. The van der Waals surface area contributed by atoms with Gasteiger partial charge >= 0.3 is 37.9 Å². The molecule has 6 aromatic carbocycles. The summed E-state index contributed by atoms with van der Waals surface area (Å²) in [7, 11) is 11.0. The maximum absolute atomic E-state index is 4.93. The first-order valence-corrected chi connectivity index (χ1v) is 20.8. The van der Waals surface area contributed by atoms with Gasteiger partial charge in [-0.2, -0.15) is 12.1 Å². The van der Waals surface area contributed by atoms with Gasteiger partial charge in [0.1, 0.15) is 0 Å². The van der Waals surface area contributed by atoms with E-state index in [0.717, 1.165) is 9.52 Å². The Hall–Kier alpha value is -2.22. The molecule has 0 nitrogen and oxygen atoms in total. The van der Waals surface area contributed by atoms with Crippen molar-refractivity contribution in [2.75, 3.05) is 0 Å².